The summed E-state index contributed by atoms with van der Waals surface area (Å²) in [4.78, 5) is 17.2. The number of aromatic amines is 1. The molecule has 4 heteroatoms. The first-order valence-corrected chi connectivity index (χ1v) is 8.92. The van der Waals surface area contributed by atoms with Crippen LogP contribution in [0.15, 0.2) is 35.3 Å². The number of nitrogens with one attached hydrogen (secondary N) is 2. The van der Waals surface area contributed by atoms with Crippen molar-refractivity contribution >= 4 is 16.5 Å². The Morgan fingerprint density at radius 3 is 2.83 bits per heavy atom. The van der Waals surface area contributed by atoms with Crippen LogP contribution in [0.2, 0.25) is 0 Å². The van der Waals surface area contributed by atoms with Crippen LogP contribution >= 0.6 is 0 Å². The molecule has 0 spiro atoms. The van der Waals surface area contributed by atoms with E-state index >= 15 is 0 Å². The lowest BCUT2D eigenvalue weighted by atomic mass is 9.94. The second kappa shape index (κ2) is 6.36. The number of benzene rings is 1. The summed E-state index contributed by atoms with van der Waals surface area (Å²) in [7, 11) is 0. The normalized spacial score (nSPS) is 23.4. The summed E-state index contributed by atoms with van der Waals surface area (Å²) in [5.41, 5.74) is 1.11. The first-order valence-electron chi connectivity index (χ1n) is 8.92. The molecule has 2 heterocycles. The van der Waals surface area contributed by atoms with E-state index in [1.165, 1.54) is 45.1 Å². The van der Waals surface area contributed by atoms with Crippen LogP contribution in [0.4, 0.5) is 5.69 Å². The molecule has 1 saturated carbocycles. The summed E-state index contributed by atoms with van der Waals surface area (Å²) < 4.78 is 0. The van der Waals surface area contributed by atoms with Gasteiger partial charge in [0, 0.05) is 42.4 Å². The van der Waals surface area contributed by atoms with E-state index in [-0.39, 0.29) is 5.56 Å². The van der Waals surface area contributed by atoms with Gasteiger partial charge in [-0.15, -0.1) is 0 Å². The van der Waals surface area contributed by atoms with Gasteiger partial charge < -0.3 is 10.3 Å². The van der Waals surface area contributed by atoms with Crippen molar-refractivity contribution in [3.63, 3.8) is 0 Å². The summed E-state index contributed by atoms with van der Waals surface area (Å²) >= 11 is 0. The van der Waals surface area contributed by atoms with E-state index in [2.05, 4.69) is 21.3 Å². The van der Waals surface area contributed by atoms with Crippen LogP contribution in [0.3, 0.4) is 0 Å². The van der Waals surface area contributed by atoms with Crippen LogP contribution in [0.1, 0.15) is 38.5 Å². The maximum absolute atomic E-state index is 11.8. The number of anilines is 1. The number of aromatic nitrogens is 1. The molecular weight excluding hydrogens is 286 g/mol. The number of hydrogen-bond donors (Lipinski definition) is 2. The quantitative estimate of drug-likeness (QED) is 0.914. The molecule has 1 aliphatic carbocycles. The molecule has 4 rings (SSSR count). The van der Waals surface area contributed by atoms with Crippen molar-refractivity contribution in [2.24, 2.45) is 0 Å². The van der Waals surface area contributed by atoms with E-state index in [4.69, 9.17) is 0 Å². The van der Waals surface area contributed by atoms with Gasteiger partial charge in [0.05, 0.1) is 0 Å². The fraction of sp³-hybridized carbons (Fsp3) is 0.526. The van der Waals surface area contributed by atoms with E-state index in [1.807, 2.05) is 18.2 Å². The van der Waals surface area contributed by atoms with Gasteiger partial charge >= 0.3 is 0 Å². The van der Waals surface area contributed by atoms with Crippen molar-refractivity contribution in [2.45, 2.75) is 50.6 Å². The lowest BCUT2D eigenvalue weighted by Gasteiger charge is -2.31. The Morgan fingerprint density at radius 2 is 1.96 bits per heavy atom. The van der Waals surface area contributed by atoms with Crippen molar-refractivity contribution in [1.29, 1.82) is 0 Å². The van der Waals surface area contributed by atoms with Crippen LogP contribution in [-0.4, -0.2) is 35.1 Å². The highest BCUT2D eigenvalue weighted by molar-refractivity contribution is 5.84. The third kappa shape index (κ3) is 3.13. The van der Waals surface area contributed by atoms with Gasteiger partial charge in [-0.1, -0.05) is 19.3 Å². The number of hydrogen-bond acceptors (Lipinski definition) is 3. The summed E-state index contributed by atoms with van der Waals surface area (Å²) in [5, 5.41) is 5.43. The minimum absolute atomic E-state index is 0.0154. The van der Waals surface area contributed by atoms with E-state index < -0.39 is 0 Å². The lowest BCUT2D eigenvalue weighted by Crippen LogP contribution is -2.36. The van der Waals surface area contributed by atoms with E-state index in [0.29, 0.717) is 6.04 Å². The molecule has 0 unspecified atom stereocenters. The molecule has 122 valence electrons. The monoisotopic (exact) mass is 311 g/mol. The highest BCUT2D eigenvalue weighted by atomic mass is 16.1. The SMILES string of the molecule is O=c1[nH]ccc2cc(N[C@H]3CCN(C4CCCCC4)C3)ccc12. The maximum atomic E-state index is 11.8. The Balaban J connectivity index is 1.43. The highest BCUT2D eigenvalue weighted by Crippen LogP contribution is 2.27. The Kier molecular flexibility index (Phi) is 4.08. The Labute approximate surface area is 136 Å². The maximum Gasteiger partial charge on any atom is 0.255 e. The molecule has 1 atom stereocenters. The van der Waals surface area contributed by atoms with Gasteiger partial charge in [0.2, 0.25) is 0 Å². The molecule has 2 N–H and O–H groups in total. The topological polar surface area (TPSA) is 48.1 Å². The minimum Gasteiger partial charge on any atom is -0.381 e. The zero-order chi connectivity index (χ0) is 15.6. The predicted octanol–water partition coefficient (Wildman–Crippen LogP) is 3.35. The smallest absolute Gasteiger partial charge is 0.255 e. The summed E-state index contributed by atoms with van der Waals surface area (Å²) in [5.74, 6) is 0. The molecule has 1 saturated heterocycles. The summed E-state index contributed by atoms with van der Waals surface area (Å²) in [6.45, 7) is 2.37. The zero-order valence-corrected chi connectivity index (χ0v) is 13.6. The molecule has 2 aliphatic rings. The van der Waals surface area contributed by atoms with Crippen LogP contribution < -0.4 is 10.9 Å². The van der Waals surface area contributed by atoms with Crippen molar-refractivity contribution < 1.29 is 0 Å². The average molecular weight is 311 g/mol. The van der Waals surface area contributed by atoms with E-state index in [1.54, 1.807) is 6.20 Å². The Morgan fingerprint density at radius 1 is 1.09 bits per heavy atom. The highest BCUT2D eigenvalue weighted by Gasteiger charge is 2.28. The van der Waals surface area contributed by atoms with Gasteiger partial charge in [0.1, 0.15) is 0 Å². The first kappa shape index (κ1) is 14.8. The van der Waals surface area contributed by atoms with Crippen LogP contribution in [0.5, 0.6) is 0 Å². The second-order valence-electron chi connectivity index (χ2n) is 7.03. The fourth-order valence-corrected chi connectivity index (χ4v) is 4.20. The predicted molar refractivity (Wildman–Crippen MR) is 95.0 cm³/mol. The van der Waals surface area contributed by atoms with Crippen molar-refractivity contribution in [3.05, 3.63) is 40.8 Å². The number of likely N-dealkylation sites (tertiary alicyclic amines) is 1. The second-order valence-corrected chi connectivity index (χ2v) is 7.03. The molecule has 0 radical (unpaired) electrons. The zero-order valence-electron chi connectivity index (χ0n) is 13.6. The molecule has 2 fully saturated rings. The molecule has 0 bridgehead atoms. The minimum atomic E-state index is -0.0154. The fourth-order valence-electron chi connectivity index (χ4n) is 4.20. The molecule has 1 aromatic carbocycles. The van der Waals surface area contributed by atoms with E-state index in [9.17, 15) is 4.79 Å². The molecule has 2 aromatic rings. The third-order valence-electron chi connectivity index (χ3n) is 5.46. The molecule has 23 heavy (non-hydrogen) atoms. The molecule has 0 amide bonds. The Bertz CT molecular complexity index is 733. The summed E-state index contributed by atoms with van der Waals surface area (Å²) in [6, 6.07) is 9.34. The largest absolute Gasteiger partial charge is 0.381 e. The van der Waals surface area contributed by atoms with Gasteiger partial charge in [0.25, 0.3) is 5.56 Å². The molecular formula is C19H25N3O. The molecule has 1 aromatic heterocycles. The molecule has 4 nitrogen and oxygen atoms in total. The number of nitrogens with zero attached hydrogens (tertiary/aromatic N) is 1. The van der Waals surface area contributed by atoms with Gasteiger partial charge in [-0.3, -0.25) is 9.69 Å². The van der Waals surface area contributed by atoms with Gasteiger partial charge in [-0.2, -0.15) is 0 Å². The van der Waals surface area contributed by atoms with Crippen LogP contribution in [0.25, 0.3) is 10.8 Å². The number of fused-ring (bicyclic) bond motifs is 1. The number of H-pyrrole nitrogens is 1. The van der Waals surface area contributed by atoms with Gasteiger partial charge in [-0.25, -0.2) is 0 Å². The van der Waals surface area contributed by atoms with Crippen molar-refractivity contribution in [2.75, 3.05) is 18.4 Å². The van der Waals surface area contributed by atoms with Gasteiger partial charge in [-0.05, 0) is 48.9 Å². The lowest BCUT2D eigenvalue weighted by molar-refractivity contribution is 0.190. The average Bonchev–Trinajstić information content (AvgIpc) is 3.04. The van der Waals surface area contributed by atoms with Crippen molar-refractivity contribution in [3.8, 4) is 0 Å². The van der Waals surface area contributed by atoms with Crippen LogP contribution in [0, 0.1) is 0 Å². The standard InChI is InChI=1S/C19H25N3O/c23-19-18-7-6-15(12-14(18)8-10-20-19)21-16-9-11-22(13-16)17-4-2-1-3-5-17/h6-8,10,12,16-17,21H,1-5,9,11,13H2,(H,20,23)/t16-/m0/s1. The number of rotatable bonds is 3. The third-order valence-corrected chi connectivity index (χ3v) is 5.46. The van der Waals surface area contributed by atoms with Crippen LogP contribution in [-0.2, 0) is 0 Å². The Hall–Kier alpha value is -1.81. The van der Waals surface area contributed by atoms with Crippen molar-refractivity contribution in [1.82, 2.24) is 9.88 Å². The number of pyridine rings is 1. The first-order chi connectivity index (χ1) is 11.3. The van der Waals surface area contributed by atoms with Gasteiger partial charge in [0.15, 0.2) is 0 Å². The summed E-state index contributed by atoms with van der Waals surface area (Å²) in [6.07, 6.45) is 9.91. The van der Waals surface area contributed by atoms with E-state index in [0.717, 1.165) is 29.0 Å². The molecule has 1 aliphatic heterocycles.